The fourth-order valence-electron chi connectivity index (χ4n) is 3.12. The average Bonchev–Trinajstić information content (AvgIpc) is 2.65. The molecule has 1 aliphatic rings. The number of carbonyl (C=O) groups is 2. The van der Waals surface area contributed by atoms with Crippen molar-refractivity contribution in [1.29, 1.82) is 0 Å². The van der Waals surface area contributed by atoms with Gasteiger partial charge in [0.2, 0.25) is 5.91 Å². The molecule has 1 fully saturated rings. The number of benzene rings is 1. The van der Waals surface area contributed by atoms with Crippen LogP contribution in [0.2, 0.25) is 0 Å². The Kier molecular flexibility index (Phi) is 6.85. The van der Waals surface area contributed by atoms with Gasteiger partial charge in [0.15, 0.2) is 11.5 Å². The summed E-state index contributed by atoms with van der Waals surface area (Å²) in [5.41, 5.74) is 6.54. The highest BCUT2D eigenvalue weighted by Crippen LogP contribution is 2.28. The van der Waals surface area contributed by atoms with Crippen LogP contribution < -0.4 is 15.2 Å². The highest BCUT2D eigenvalue weighted by atomic mass is 16.5. The van der Waals surface area contributed by atoms with E-state index >= 15 is 0 Å². The van der Waals surface area contributed by atoms with Gasteiger partial charge in [-0.1, -0.05) is 13.8 Å². The number of hydrogen-bond acceptors (Lipinski definition) is 5. The van der Waals surface area contributed by atoms with E-state index in [1.54, 1.807) is 35.1 Å². The largest absolute Gasteiger partial charge is 0.493 e. The highest BCUT2D eigenvalue weighted by Gasteiger charge is 2.28. The molecule has 0 aliphatic carbocycles. The number of hydrogen-bond donors (Lipinski definition) is 1. The van der Waals surface area contributed by atoms with Crippen LogP contribution in [0.1, 0.15) is 30.6 Å². The van der Waals surface area contributed by atoms with Crippen molar-refractivity contribution in [3.63, 3.8) is 0 Å². The summed E-state index contributed by atoms with van der Waals surface area (Å²) in [5.74, 6) is 1.37. The predicted molar refractivity (Wildman–Crippen MR) is 99.5 cm³/mol. The van der Waals surface area contributed by atoms with Gasteiger partial charge in [0.25, 0.3) is 5.91 Å². The molecule has 144 valence electrons. The van der Waals surface area contributed by atoms with Gasteiger partial charge in [-0.05, 0) is 30.5 Å². The molecule has 0 spiro atoms. The van der Waals surface area contributed by atoms with Crippen LogP contribution in [0.25, 0.3) is 0 Å². The predicted octanol–water partition coefficient (Wildman–Crippen LogP) is 1.36. The van der Waals surface area contributed by atoms with E-state index in [0.29, 0.717) is 55.6 Å². The van der Waals surface area contributed by atoms with Crippen LogP contribution in [0.5, 0.6) is 11.5 Å². The van der Waals surface area contributed by atoms with E-state index in [0.717, 1.165) is 0 Å². The zero-order valence-electron chi connectivity index (χ0n) is 16.0. The first-order valence-electron chi connectivity index (χ1n) is 8.93. The molecule has 0 radical (unpaired) electrons. The minimum atomic E-state index is -0.469. The molecule has 1 saturated heterocycles. The molecule has 2 amide bonds. The van der Waals surface area contributed by atoms with Gasteiger partial charge >= 0.3 is 0 Å². The van der Waals surface area contributed by atoms with Crippen molar-refractivity contribution in [3.8, 4) is 11.5 Å². The van der Waals surface area contributed by atoms with Gasteiger partial charge in [-0.25, -0.2) is 0 Å². The smallest absolute Gasteiger partial charge is 0.254 e. The monoisotopic (exact) mass is 363 g/mol. The molecule has 26 heavy (non-hydrogen) atoms. The third kappa shape index (κ3) is 4.66. The third-order valence-electron chi connectivity index (χ3n) is 4.55. The number of methoxy groups -OCH3 is 2. The van der Waals surface area contributed by atoms with Crippen molar-refractivity contribution < 1.29 is 19.1 Å². The lowest BCUT2D eigenvalue weighted by atomic mass is 10.0. The maximum absolute atomic E-state index is 12.7. The summed E-state index contributed by atoms with van der Waals surface area (Å²) >= 11 is 0. The molecule has 1 aromatic rings. The fourth-order valence-corrected chi connectivity index (χ4v) is 3.12. The van der Waals surface area contributed by atoms with Gasteiger partial charge < -0.3 is 25.0 Å². The molecule has 0 aromatic heterocycles. The van der Waals surface area contributed by atoms with Crippen LogP contribution in [0.15, 0.2) is 18.2 Å². The maximum atomic E-state index is 12.7. The second kappa shape index (κ2) is 8.89. The van der Waals surface area contributed by atoms with Crippen LogP contribution in [0.4, 0.5) is 0 Å². The second-order valence-electron chi connectivity index (χ2n) is 6.92. The summed E-state index contributed by atoms with van der Waals surface area (Å²) in [7, 11) is 3.09. The topological polar surface area (TPSA) is 85.1 Å². The molecule has 0 bridgehead atoms. The standard InChI is InChI=1S/C19H29N3O4/c1-13(2)11-15(20)19(24)22-9-7-21(8-10-22)18(23)14-5-6-16(25-3)17(12-14)26-4/h5-6,12-13,15H,7-11,20H2,1-4H3/t15-/m0/s1. The summed E-state index contributed by atoms with van der Waals surface area (Å²) in [5, 5.41) is 0. The Morgan fingerprint density at radius 1 is 1.04 bits per heavy atom. The van der Waals surface area contributed by atoms with Gasteiger partial charge in [0.05, 0.1) is 20.3 Å². The highest BCUT2D eigenvalue weighted by molar-refractivity contribution is 5.95. The van der Waals surface area contributed by atoms with Crippen molar-refractivity contribution in [2.24, 2.45) is 11.7 Å². The van der Waals surface area contributed by atoms with Gasteiger partial charge in [0.1, 0.15) is 0 Å². The van der Waals surface area contributed by atoms with E-state index < -0.39 is 6.04 Å². The first kappa shape index (κ1) is 20.0. The molecule has 0 unspecified atom stereocenters. The molecular formula is C19H29N3O4. The van der Waals surface area contributed by atoms with Crippen molar-refractivity contribution in [1.82, 2.24) is 9.80 Å². The zero-order chi connectivity index (χ0) is 19.3. The van der Waals surface area contributed by atoms with E-state index in [9.17, 15) is 9.59 Å². The van der Waals surface area contributed by atoms with Crippen LogP contribution in [-0.2, 0) is 4.79 Å². The Bertz CT molecular complexity index is 640. The molecule has 2 N–H and O–H groups in total. The van der Waals surface area contributed by atoms with E-state index in [4.69, 9.17) is 15.2 Å². The number of amides is 2. The van der Waals surface area contributed by atoms with Crippen molar-refractivity contribution in [2.75, 3.05) is 40.4 Å². The molecule has 7 heteroatoms. The summed E-state index contributed by atoms with van der Waals surface area (Å²) in [6.07, 6.45) is 0.670. The van der Waals surface area contributed by atoms with Crippen LogP contribution in [0, 0.1) is 5.92 Å². The number of piperazine rings is 1. The minimum absolute atomic E-state index is 0.0306. The van der Waals surface area contributed by atoms with Gasteiger partial charge in [-0.15, -0.1) is 0 Å². The molecule has 1 atom stereocenters. The summed E-state index contributed by atoms with van der Waals surface area (Å²) < 4.78 is 10.5. The van der Waals surface area contributed by atoms with E-state index in [1.807, 2.05) is 13.8 Å². The maximum Gasteiger partial charge on any atom is 0.254 e. The lowest BCUT2D eigenvalue weighted by Crippen LogP contribution is -2.54. The van der Waals surface area contributed by atoms with E-state index in [2.05, 4.69) is 0 Å². The molecule has 2 rings (SSSR count). The zero-order valence-corrected chi connectivity index (χ0v) is 16.0. The van der Waals surface area contributed by atoms with Crippen LogP contribution >= 0.6 is 0 Å². The van der Waals surface area contributed by atoms with Crippen molar-refractivity contribution >= 4 is 11.8 Å². The molecule has 0 saturated carbocycles. The van der Waals surface area contributed by atoms with Gasteiger partial charge in [0, 0.05) is 31.7 Å². The second-order valence-corrected chi connectivity index (χ2v) is 6.92. The Balaban J connectivity index is 1.97. The first-order valence-corrected chi connectivity index (χ1v) is 8.93. The Hall–Kier alpha value is -2.28. The summed E-state index contributed by atoms with van der Waals surface area (Å²) in [6, 6.07) is 4.65. The van der Waals surface area contributed by atoms with Crippen molar-refractivity contribution in [2.45, 2.75) is 26.3 Å². The SMILES string of the molecule is COc1ccc(C(=O)N2CCN(C(=O)[C@@H](N)CC(C)C)CC2)cc1OC. The van der Waals surface area contributed by atoms with Gasteiger partial charge in [-0.2, -0.15) is 0 Å². The van der Waals surface area contributed by atoms with Gasteiger partial charge in [-0.3, -0.25) is 9.59 Å². The average molecular weight is 363 g/mol. The number of nitrogens with two attached hydrogens (primary N) is 1. The first-order chi connectivity index (χ1) is 12.4. The minimum Gasteiger partial charge on any atom is -0.493 e. The quantitative estimate of drug-likeness (QED) is 0.825. The Morgan fingerprint density at radius 2 is 1.62 bits per heavy atom. The molecule has 1 aromatic carbocycles. The number of rotatable bonds is 6. The molecule has 7 nitrogen and oxygen atoms in total. The molecular weight excluding hydrogens is 334 g/mol. The van der Waals surface area contributed by atoms with E-state index in [1.165, 1.54) is 7.11 Å². The van der Waals surface area contributed by atoms with E-state index in [-0.39, 0.29) is 11.8 Å². The van der Waals surface area contributed by atoms with Crippen LogP contribution in [-0.4, -0.2) is 68.1 Å². The molecule has 1 aliphatic heterocycles. The summed E-state index contributed by atoms with van der Waals surface area (Å²) in [6.45, 7) is 6.09. The Labute approximate surface area is 155 Å². The normalized spacial score (nSPS) is 15.8. The fraction of sp³-hybridized carbons (Fsp3) is 0.579. The molecule has 1 heterocycles. The number of ether oxygens (including phenoxy) is 2. The Morgan fingerprint density at radius 3 is 2.15 bits per heavy atom. The summed E-state index contributed by atoms with van der Waals surface area (Å²) in [4.78, 5) is 28.6. The van der Waals surface area contributed by atoms with Crippen molar-refractivity contribution in [3.05, 3.63) is 23.8 Å². The number of carbonyl (C=O) groups excluding carboxylic acids is 2. The number of nitrogens with zero attached hydrogens (tertiary/aromatic N) is 2. The van der Waals surface area contributed by atoms with Crippen LogP contribution in [0.3, 0.4) is 0 Å². The lowest BCUT2D eigenvalue weighted by Gasteiger charge is -2.36. The lowest BCUT2D eigenvalue weighted by molar-refractivity contribution is -0.134. The third-order valence-corrected chi connectivity index (χ3v) is 4.55.